The maximum Gasteiger partial charge on any atom is 0.0544 e. The van der Waals surface area contributed by atoms with Crippen molar-refractivity contribution in [1.29, 1.82) is 0 Å². The van der Waals surface area contributed by atoms with Crippen molar-refractivity contribution in [2.75, 3.05) is 31.1 Å². The first kappa shape index (κ1) is 13.5. The number of nitrogens with zero attached hydrogens (tertiary/aromatic N) is 4. The molecule has 1 aliphatic heterocycles. The van der Waals surface area contributed by atoms with Crippen LogP contribution in [0.3, 0.4) is 0 Å². The molecule has 0 aromatic carbocycles. The van der Waals surface area contributed by atoms with Crippen LogP contribution in [0.5, 0.6) is 0 Å². The summed E-state index contributed by atoms with van der Waals surface area (Å²) in [7, 11) is 0. The predicted octanol–water partition coefficient (Wildman–Crippen LogP) is 2.56. The average Bonchev–Trinajstić information content (AvgIpc) is 2.51. The Kier molecular flexibility index (Phi) is 4.28. The van der Waals surface area contributed by atoms with Crippen LogP contribution in [0, 0.1) is 0 Å². The van der Waals surface area contributed by atoms with E-state index >= 15 is 0 Å². The van der Waals surface area contributed by atoms with Gasteiger partial charge in [-0.1, -0.05) is 0 Å². The summed E-state index contributed by atoms with van der Waals surface area (Å²) in [6.07, 6.45) is 5.57. The van der Waals surface area contributed by atoms with Crippen molar-refractivity contribution >= 4 is 21.6 Å². The third-order valence-corrected chi connectivity index (χ3v) is 4.04. The Morgan fingerprint density at radius 1 is 1.00 bits per heavy atom. The molecule has 0 saturated carbocycles. The number of aromatic nitrogens is 2. The van der Waals surface area contributed by atoms with E-state index in [1.807, 2.05) is 18.6 Å². The average molecular weight is 333 g/mol. The zero-order chi connectivity index (χ0) is 13.8. The van der Waals surface area contributed by atoms with Crippen LogP contribution in [0.15, 0.2) is 47.3 Å². The van der Waals surface area contributed by atoms with Gasteiger partial charge < -0.3 is 4.90 Å². The molecule has 3 rings (SSSR count). The topological polar surface area (TPSA) is 32.3 Å². The molecule has 5 heteroatoms. The van der Waals surface area contributed by atoms with Gasteiger partial charge in [-0.25, -0.2) is 0 Å². The highest BCUT2D eigenvalue weighted by Crippen LogP contribution is 2.16. The van der Waals surface area contributed by atoms with Gasteiger partial charge in [0.2, 0.25) is 0 Å². The van der Waals surface area contributed by atoms with Crippen molar-refractivity contribution in [2.45, 2.75) is 6.54 Å². The van der Waals surface area contributed by atoms with Gasteiger partial charge in [-0.15, -0.1) is 0 Å². The molecular formula is C15H17BrN4. The third kappa shape index (κ3) is 3.35. The van der Waals surface area contributed by atoms with Crippen molar-refractivity contribution < 1.29 is 0 Å². The maximum atomic E-state index is 4.44. The molecule has 0 unspecified atom stereocenters. The van der Waals surface area contributed by atoms with Crippen molar-refractivity contribution in [3.05, 3.63) is 53.0 Å². The van der Waals surface area contributed by atoms with E-state index in [4.69, 9.17) is 0 Å². The molecule has 0 aliphatic carbocycles. The Bertz CT molecular complexity index is 536. The molecule has 1 aliphatic rings. The molecule has 1 fully saturated rings. The van der Waals surface area contributed by atoms with Gasteiger partial charge in [-0.3, -0.25) is 14.9 Å². The van der Waals surface area contributed by atoms with Gasteiger partial charge in [0.05, 0.1) is 5.69 Å². The molecule has 4 nitrogen and oxygen atoms in total. The van der Waals surface area contributed by atoms with E-state index in [0.29, 0.717) is 0 Å². The minimum absolute atomic E-state index is 0.928. The number of hydrogen-bond acceptors (Lipinski definition) is 4. The van der Waals surface area contributed by atoms with Gasteiger partial charge in [0.1, 0.15) is 0 Å². The summed E-state index contributed by atoms with van der Waals surface area (Å²) < 4.78 is 1.03. The lowest BCUT2D eigenvalue weighted by atomic mass is 10.2. The van der Waals surface area contributed by atoms with Crippen LogP contribution in [0.4, 0.5) is 5.69 Å². The Hall–Kier alpha value is -1.46. The predicted molar refractivity (Wildman–Crippen MR) is 83.7 cm³/mol. The fourth-order valence-corrected chi connectivity index (χ4v) is 2.68. The molecule has 104 valence electrons. The second kappa shape index (κ2) is 6.33. The van der Waals surface area contributed by atoms with Gasteiger partial charge in [0, 0.05) is 61.5 Å². The van der Waals surface area contributed by atoms with E-state index in [1.54, 1.807) is 0 Å². The molecule has 1 saturated heterocycles. The highest BCUT2D eigenvalue weighted by molar-refractivity contribution is 9.10. The SMILES string of the molecule is Brc1ccc(CN2CCN(c3ccncc3)CC2)nc1. The van der Waals surface area contributed by atoms with Crippen molar-refractivity contribution in [3.8, 4) is 0 Å². The lowest BCUT2D eigenvalue weighted by Crippen LogP contribution is -2.46. The second-order valence-corrected chi connectivity index (χ2v) is 5.85. The maximum absolute atomic E-state index is 4.44. The minimum Gasteiger partial charge on any atom is -0.369 e. The molecule has 3 heterocycles. The van der Waals surface area contributed by atoms with Gasteiger partial charge >= 0.3 is 0 Å². The highest BCUT2D eigenvalue weighted by atomic mass is 79.9. The highest BCUT2D eigenvalue weighted by Gasteiger charge is 2.17. The number of piperazine rings is 1. The summed E-state index contributed by atoms with van der Waals surface area (Å²) in [6.45, 7) is 5.18. The lowest BCUT2D eigenvalue weighted by molar-refractivity contribution is 0.247. The van der Waals surface area contributed by atoms with E-state index in [-0.39, 0.29) is 0 Å². The van der Waals surface area contributed by atoms with Crippen molar-refractivity contribution in [2.24, 2.45) is 0 Å². The van der Waals surface area contributed by atoms with Crippen LogP contribution in [0.25, 0.3) is 0 Å². The Balaban J connectivity index is 1.55. The van der Waals surface area contributed by atoms with Crippen molar-refractivity contribution in [1.82, 2.24) is 14.9 Å². The van der Waals surface area contributed by atoms with Crippen LogP contribution in [-0.2, 0) is 6.54 Å². The number of halogens is 1. The standard InChI is InChI=1S/C15H17BrN4/c16-13-1-2-14(18-11-13)12-19-7-9-20(10-8-19)15-3-5-17-6-4-15/h1-6,11H,7-10,12H2. The fourth-order valence-electron chi connectivity index (χ4n) is 2.45. The number of hydrogen-bond donors (Lipinski definition) is 0. The molecule has 20 heavy (non-hydrogen) atoms. The second-order valence-electron chi connectivity index (χ2n) is 4.94. The number of anilines is 1. The fraction of sp³-hybridized carbons (Fsp3) is 0.333. The smallest absolute Gasteiger partial charge is 0.0544 e. The molecule has 0 spiro atoms. The summed E-state index contributed by atoms with van der Waals surface area (Å²) in [5.41, 5.74) is 2.40. The molecule has 0 N–H and O–H groups in total. The summed E-state index contributed by atoms with van der Waals surface area (Å²) in [4.78, 5) is 13.4. The monoisotopic (exact) mass is 332 g/mol. The van der Waals surface area contributed by atoms with E-state index in [9.17, 15) is 0 Å². The van der Waals surface area contributed by atoms with Crippen LogP contribution in [0.1, 0.15) is 5.69 Å². The van der Waals surface area contributed by atoms with Crippen LogP contribution in [-0.4, -0.2) is 41.0 Å². The van der Waals surface area contributed by atoms with Crippen molar-refractivity contribution in [3.63, 3.8) is 0 Å². The molecule has 0 amide bonds. The van der Waals surface area contributed by atoms with Crippen LogP contribution in [0.2, 0.25) is 0 Å². The molecule has 0 radical (unpaired) electrons. The molecule has 2 aromatic heterocycles. The zero-order valence-electron chi connectivity index (χ0n) is 11.2. The molecule has 0 bridgehead atoms. The Morgan fingerprint density at radius 2 is 1.75 bits per heavy atom. The Labute approximate surface area is 127 Å². The Morgan fingerprint density at radius 3 is 2.40 bits per heavy atom. The van der Waals surface area contributed by atoms with Crippen LogP contribution < -0.4 is 4.90 Å². The molecule has 0 atom stereocenters. The van der Waals surface area contributed by atoms with Gasteiger partial charge in [0.15, 0.2) is 0 Å². The quantitative estimate of drug-likeness (QED) is 0.864. The first-order valence-corrected chi connectivity index (χ1v) is 7.58. The number of rotatable bonds is 3. The normalized spacial score (nSPS) is 16.4. The zero-order valence-corrected chi connectivity index (χ0v) is 12.8. The van der Waals surface area contributed by atoms with E-state index in [1.165, 1.54) is 5.69 Å². The minimum atomic E-state index is 0.928. The molecule has 2 aromatic rings. The van der Waals surface area contributed by atoms with E-state index in [0.717, 1.165) is 42.9 Å². The molecular weight excluding hydrogens is 316 g/mol. The summed E-state index contributed by atoms with van der Waals surface area (Å²) in [5.74, 6) is 0. The summed E-state index contributed by atoms with van der Waals surface area (Å²) >= 11 is 3.42. The van der Waals surface area contributed by atoms with E-state index in [2.05, 4.69) is 60.0 Å². The largest absolute Gasteiger partial charge is 0.369 e. The summed E-state index contributed by atoms with van der Waals surface area (Å²) in [5, 5.41) is 0. The summed E-state index contributed by atoms with van der Waals surface area (Å²) in [6, 6.07) is 8.28. The van der Waals surface area contributed by atoms with Gasteiger partial charge in [-0.05, 0) is 40.2 Å². The van der Waals surface area contributed by atoms with E-state index < -0.39 is 0 Å². The van der Waals surface area contributed by atoms with Gasteiger partial charge in [0.25, 0.3) is 0 Å². The van der Waals surface area contributed by atoms with Crippen LogP contribution >= 0.6 is 15.9 Å². The third-order valence-electron chi connectivity index (χ3n) is 3.57. The lowest BCUT2D eigenvalue weighted by Gasteiger charge is -2.35. The first-order chi connectivity index (χ1) is 9.81. The first-order valence-electron chi connectivity index (χ1n) is 6.79. The number of pyridine rings is 2. The van der Waals surface area contributed by atoms with Gasteiger partial charge in [-0.2, -0.15) is 0 Å².